The fraction of sp³-hybridized carbons (Fsp3) is 1.00. The highest BCUT2D eigenvalue weighted by atomic mass is 14.9. The van der Waals surface area contributed by atoms with E-state index in [0.29, 0.717) is 6.04 Å². The Hall–Kier alpha value is -0.0400. The van der Waals surface area contributed by atoms with Crippen molar-refractivity contribution in [1.82, 2.24) is 5.32 Å². The van der Waals surface area contributed by atoms with Gasteiger partial charge in [0.1, 0.15) is 0 Å². The highest BCUT2D eigenvalue weighted by Crippen LogP contribution is 2.19. The molecular weight excluding hydrogens is 158 g/mol. The topological polar surface area (TPSA) is 12.0 Å². The van der Waals surface area contributed by atoms with Crippen LogP contribution in [0.25, 0.3) is 0 Å². The first-order chi connectivity index (χ1) is 5.99. The zero-order chi connectivity index (χ0) is 10.4. The van der Waals surface area contributed by atoms with Gasteiger partial charge in [0, 0.05) is 6.04 Å². The van der Waals surface area contributed by atoms with Crippen molar-refractivity contribution in [3.63, 3.8) is 0 Å². The fourth-order valence-electron chi connectivity index (χ4n) is 2.22. The van der Waals surface area contributed by atoms with Crippen molar-refractivity contribution in [2.45, 2.75) is 54.0 Å². The summed E-state index contributed by atoms with van der Waals surface area (Å²) in [4.78, 5) is 0. The molecule has 0 aromatic rings. The van der Waals surface area contributed by atoms with Crippen LogP contribution in [0.4, 0.5) is 0 Å². The van der Waals surface area contributed by atoms with Gasteiger partial charge in [0.05, 0.1) is 0 Å². The molecule has 1 N–H and O–H groups in total. The Labute approximate surface area is 84.3 Å². The second-order valence-electron chi connectivity index (χ2n) is 4.93. The van der Waals surface area contributed by atoms with Crippen molar-refractivity contribution in [1.29, 1.82) is 0 Å². The van der Waals surface area contributed by atoms with Crippen LogP contribution in [-0.2, 0) is 0 Å². The molecule has 0 radical (unpaired) electrons. The third-order valence-electron chi connectivity index (χ3n) is 2.61. The maximum atomic E-state index is 3.59. The van der Waals surface area contributed by atoms with Gasteiger partial charge in [0.15, 0.2) is 0 Å². The molecule has 0 rings (SSSR count). The summed E-state index contributed by atoms with van der Waals surface area (Å²) in [6, 6.07) is 0.687. The molecule has 0 aromatic heterocycles. The fourth-order valence-corrected chi connectivity index (χ4v) is 2.22. The van der Waals surface area contributed by atoms with Crippen molar-refractivity contribution in [2.24, 2.45) is 17.8 Å². The van der Waals surface area contributed by atoms with Crippen LogP contribution < -0.4 is 5.32 Å². The summed E-state index contributed by atoms with van der Waals surface area (Å²) in [7, 11) is 0. The molecule has 0 saturated heterocycles. The van der Waals surface area contributed by atoms with Gasteiger partial charge in [-0.3, -0.25) is 0 Å². The lowest BCUT2D eigenvalue weighted by Gasteiger charge is -2.29. The largest absolute Gasteiger partial charge is 0.314 e. The molecule has 1 heteroatoms. The average Bonchev–Trinajstić information content (AvgIpc) is 1.97. The number of nitrogens with one attached hydrogen (secondary N) is 1. The van der Waals surface area contributed by atoms with Gasteiger partial charge in [0.25, 0.3) is 0 Å². The predicted octanol–water partition coefficient (Wildman–Crippen LogP) is 3.30. The Bertz CT molecular complexity index is 118. The monoisotopic (exact) mass is 185 g/mol. The molecule has 2 unspecified atom stereocenters. The molecule has 0 aromatic carbocycles. The van der Waals surface area contributed by atoms with Crippen LogP contribution >= 0.6 is 0 Å². The van der Waals surface area contributed by atoms with Crippen LogP contribution in [0.5, 0.6) is 0 Å². The molecular formula is C12H27N. The van der Waals surface area contributed by atoms with E-state index in [4.69, 9.17) is 0 Å². The maximum Gasteiger partial charge on any atom is 0.0116 e. The maximum absolute atomic E-state index is 3.59. The molecule has 0 heterocycles. The van der Waals surface area contributed by atoms with Gasteiger partial charge in [-0.2, -0.15) is 0 Å². The first-order valence-electron chi connectivity index (χ1n) is 5.72. The zero-order valence-electron chi connectivity index (χ0n) is 10.2. The van der Waals surface area contributed by atoms with Crippen molar-refractivity contribution in [2.75, 3.05) is 6.54 Å². The normalized spacial score (nSPS) is 16.6. The zero-order valence-corrected chi connectivity index (χ0v) is 10.2. The first-order valence-corrected chi connectivity index (χ1v) is 5.72. The smallest absolute Gasteiger partial charge is 0.0116 e. The summed E-state index contributed by atoms with van der Waals surface area (Å²) in [5, 5.41) is 3.59. The van der Waals surface area contributed by atoms with E-state index in [1.54, 1.807) is 0 Å². The molecule has 0 saturated carbocycles. The SMILES string of the molecule is CCNC(C(C)C)C(C)CC(C)C. The van der Waals surface area contributed by atoms with Gasteiger partial charge in [-0.05, 0) is 30.7 Å². The molecule has 2 atom stereocenters. The van der Waals surface area contributed by atoms with E-state index >= 15 is 0 Å². The molecule has 0 fully saturated rings. The van der Waals surface area contributed by atoms with E-state index in [-0.39, 0.29) is 0 Å². The average molecular weight is 185 g/mol. The van der Waals surface area contributed by atoms with Crippen molar-refractivity contribution in [3.8, 4) is 0 Å². The minimum absolute atomic E-state index is 0.687. The van der Waals surface area contributed by atoms with E-state index in [9.17, 15) is 0 Å². The van der Waals surface area contributed by atoms with Gasteiger partial charge in [0.2, 0.25) is 0 Å². The van der Waals surface area contributed by atoms with Crippen molar-refractivity contribution >= 4 is 0 Å². The Kier molecular flexibility index (Phi) is 6.40. The minimum atomic E-state index is 0.687. The molecule has 0 bridgehead atoms. The summed E-state index contributed by atoms with van der Waals surface area (Å²) in [5.74, 6) is 2.35. The highest BCUT2D eigenvalue weighted by molar-refractivity contribution is 4.76. The number of hydrogen-bond donors (Lipinski definition) is 1. The molecule has 0 amide bonds. The third kappa shape index (κ3) is 5.30. The minimum Gasteiger partial charge on any atom is -0.314 e. The van der Waals surface area contributed by atoms with E-state index in [0.717, 1.165) is 24.3 Å². The summed E-state index contributed by atoms with van der Waals surface area (Å²) >= 11 is 0. The molecule has 0 spiro atoms. The lowest BCUT2D eigenvalue weighted by molar-refractivity contribution is 0.268. The predicted molar refractivity (Wildman–Crippen MR) is 60.9 cm³/mol. The van der Waals surface area contributed by atoms with Gasteiger partial charge >= 0.3 is 0 Å². The molecule has 13 heavy (non-hydrogen) atoms. The van der Waals surface area contributed by atoms with E-state index in [2.05, 4.69) is 46.9 Å². The molecule has 80 valence electrons. The second-order valence-corrected chi connectivity index (χ2v) is 4.93. The lowest BCUT2D eigenvalue weighted by Crippen LogP contribution is -2.39. The van der Waals surface area contributed by atoms with E-state index < -0.39 is 0 Å². The Morgan fingerprint density at radius 3 is 1.85 bits per heavy atom. The van der Waals surface area contributed by atoms with Crippen LogP contribution in [0.1, 0.15) is 48.0 Å². The van der Waals surface area contributed by atoms with Crippen molar-refractivity contribution < 1.29 is 0 Å². The van der Waals surface area contributed by atoms with Crippen LogP contribution in [0.15, 0.2) is 0 Å². The first kappa shape index (κ1) is 13.0. The van der Waals surface area contributed by atoms with Crippen LogP contribution in [0, 0.1) is 17.8 Å². The number of rotatable bonds is 6. The Balaban J connectivity index is 4.02. The van der Waals surface area contributed by atoms with Gasteiger partial charge in [-0.1, -0.05) is 41.5 Å². The number of hydrogen-bond acceptors (Lipinski definition) is 1. The molecule has 1 nitrogen and oxygen atoms in total. The lowest BCUT2D eigenvalue weighted by atomic mass is 9.86. The summed E-state index contributed by atoms with van der Waals surface area (Å²) in [6.45, 7) is 14.9. The Morgan fingerprint density at radius 2 is 1.54 bits per heavy atom. The van der Waals surface area contributed by atoms with Crippen LogP contribution in [-0.4, -0.2) is 12.6 Å². The van der Waals surface area contributed by atoms with Crippen LogP contribution in [0.3, 0.4) is 0 Å². The van der Waals surface area contributed by atoms with Gasteiger partial charge < -0.3 is 5.32 Å². The van der Waals surface area contributed by atoms with Crippen molar-refractivity contribution in [3.05, 3.63) is 0 Å². The van der Waals surface area contributed by atoms with E-state index in [1.807, 2.05) is 0 Å². The van der Waals surface area contributed by atoms with Crippen LogP contribution in [0.2, 0.25) is 0 Å². The van der Waals surface area contributed by atoms with Gasteiger partial charge in [-0.25, -0.2) is 0 Å². The summed E-state index contributed by atoms with van der Waals surface area (Å²) < 4.78 is 0. The summed E-state index contributed by atoms with van der Waals surface area (Å²) in [5.41, 5.74) is 0. The summed E-state index contributed by atoms with van der Waals surface area (Å²) in [6.07, 6.45) is 1.33. The molecule has 0 aliphatic rings. The highest BCUT2D eigenvalue weighted by Gasteiger charge is 2.20. The third-order valence-corrected chi connectivity index (χ3v) is 2.61. The standard InChI is InChI=1S/C12H27N/c1-7-13-12(10(4)5)11(6)8-9(2)3/h9-13H,7-8H2,1-6H3. The second kappa shape index (κ2) is 6.42. The van der Waals surface area contributed by atoms with Gasteiger partial charge in [-0.15, -0.1) is 0 Å². The molecule has 0 aliphatic carbocycles. The Morgan fingerprint density at radius 1 is 1.00 bits per heavy atom. The quantitative estimate of drug-likeness (QED) is 0.669. The molecule has 0 aliphatic heterocycles. The van der Waals surface area contributed by atoms with E-state index in [1.165, 1.54) is 6.42 Å².